The van der Waals surface area contributed by atoms with Gasteiger partial charge in [-0.15, -0.1) is 0 Å². The Balaban J connectivity index is 1.82. The first-order valence-electron chi connectivity index (χ1n) is 7.35. The Morgan fingerprint density at radius 3 is 2.65 bits per heavy atom. The molecule has 0 bridgehead atoms. The van der Waals surface area contributed by atoms with Gasteiger partial charge in [0.1, 0.15) is 5.75 Å². The van der Waals surface area contributed by atoms with E-state index in [1.54, 1.807) is 0 Å². The summed E-state index contributed by atoms with van der Waals surface area (Å²) in [5.74, 6) is 1.79. The summed E-state index contributed by atoms with van der Waals surface area (Å²) < 4.78 is 8.04. The molecule has 1 aromatic carbocycles. The van der Waals surface area contributed by atoms with Crippen LogP contribution < -0.4 is 4.74 Å². The summed E-state index contributed by atoms with van der Waals surface area (Å²) in [6, 6.07) is 8.53. The largest absolute Gasteiger partial charge is 0.493 e. The van der Waals surface area contributed by atoms with Crippen molar-refractivity contribution >= 4 is 0 Å². The Bertz CT molecular complexity index is 611. The minimum atomic E-state index is 0.776. The molecular formula is C17H22N2O. The Morgan fingerprint density at radius 2 is 2.00 bits per heavy atom. The molecule has 0 aliphatic heterocycles. The average Bonchev–Trinajstić information content (AvgIpc) is 3.15. The second kappa shape index (κ2) is 5.31. The third-order valence-electron chi connectivity index (χ3n) is 3.81. The van der Waals surface area contributed by atoms with Crippen LogP contribution in [-0.2, 0) is 6.54 Å². The van der Waals surface area contributed by atoms with Crippen molar-refractivity contribution in [1.29, 1.82) is 0 Å². The van der Waals surface area contributed by atoms with Crippen LogP contribution in [0.1, 0.15) is 35.4 Å². The number of ether oxygens (including phenoxy) is 1. The predicted molar refractivity (Wildman–Crippen MR) is 80.2 cm³/mol. The summed E-state index contributed by atoms with van der Waals surface area (Å²) in [6.45, 7) is 7.88. The zero-order chi connectivity index (χ0) is 14.1. The second-order valence-electron chi connectivity index (χ2n) is 5.95. The Labute approximate surface area is 120 Å². The minimum absolute atomic E-state index is 0.776. The van der Waals surface area contributed by atoms with Gasteiger partial charge in [-0.2, -0.15) is 5.10 Å². The zero-order valence-electron chi connectivity index (χ0n) is 12.5. The van der Waals surface area contributed by atoms with Crippen LogP contribution in [0.3, 0.4) is 0 Å². The van der Waals surface area contributed by atoms with Crippen LogP contribution in [0.2, 0.25) is 0 Å². The molecule has 106 valence electrons. The van der Waals surface area contributed by atoms with Crippen molar-refractivity contribution in [2.75, 3.05) is 6.61 Å². The Morgan fingerprint density at radius 1 is 1.20 bits per heavy atom. The van der Waals surface area contributed by atoms with Crippen molar-refractivity contribution in [3.8, 4) is 5.75 Å². The van der Waals surface area contributed by atoms with E-state index in [9.17, 15) is 0 Å². The van der Waals surface area contributed by atoms with Gasteiger partial charge in [0.25, 0.3) is 0 Å². The zero-order valence-corrected chi connectivity index (χ0v) is 12.5. The maximum absolute atomic E-state index is 5.99. The normalized spacial score (nSPS) is 14.6. The molecule has 0 amide bonds. The lowest BCUT2D eigenvalue weighted by atomic mass is 10.1. The first kappa shape index (κ1) is 13.2. The number of aromatic nitrogens is 2. The number of aryl methyl sites for hydroxylation is 3. The molecule has 0 atom stereocenters. The molecule has 3 nitrogen and oxygen atoms in total. The van der Waals surface area contributed by atoms with E-state index < -0.39 is 0 Å². The highest BCUT2D eigenvalue weighted by atomic mass is 16.5. The summed E-state index contributed by atoms with van der Waals surface area (Å²) in [4.78, 5) is 0. The van der Waals surface area contributed by atoms with E-state index in [0.717, 1.165) is 30.5 Å². The number of benzene rings is 1. The van der Waals surface area contributed by atoms with Gasteiger partial charge in [-0.05, 0) is 51.7 Å². The van der Waals surface area contributed by atoms with Crippen LogP contribution in [-0.4, -0.2) is 16.4 Å². The van der Waals surface area contributed by atoms with Gasteiger partial charge in [0.2, 0.25) is 0 Å². The Kier molecular flexibility index (Phi) is 3.51. The molecule has 3 rings (SSSR count). The maximum atomic E-state index is 5.99. The molecule has 1 aromatic heterocycles. The monoisotopic (exact) mass is 270 g/mol. The minimum Gasteiger partial charge on any atom is -0.493 e. The van der Waals surface area contributed by atoms with Gasteiger partial charge < -0.3 is 4.74 Å². The van der Waals surface area contributed by atoms with E-state index in [1.165, 1.54) is 29.7 Å². The summed E-state index contributed by atoms with van der Waals surface area (Å²) >= 11 is 0. The van der Waals surface area contributed by atoms with Crippen molar-refractivity contribution in [3.63, 3.8) is 0 Å². The van der Waals surface area contributed by atoms with E-state index in [0.29, 0.717) is 0 Å². The molecule has 2 aromatic rings. The van der Waals surface area contributed by atoms with E-state index in [2.05, 4.69) is 43.2 Å². The highest BCUT2D eigenvalue weighted by Crippen LogP contribution is 2.30. The van der Waals surface area contributed by atoms with Crippen LogP contribution in [0.5, 0.6) is 5.75 Å². The molecule has 1 heterocycles. The van der Waals surface area contributed by atoms with Crippen molar-refractivity contribution in [2.45, 2.75) is 40.2 Å². The van der Waals surface area contributed by atoms with E-state index in [-0.39, 0.29) is 0 Å². The summed E-state index contributed by atoms with van der Waals surface area (Å²) in [5, 5.41) is 4.54. The van der Waals surface area contributed by atoms with Crippen LogP contribution in [0, 0.1) is 26.7 Å². The lowest BCUT2D eigenvalue weighted by molar-refractivity contribution is 0.296. The highest BCUT2D eigenvalue weighted by Gasteiger charge is 2.22. The first-order valence-corrected chi connectivity index (χ1v) is 7.35. The standard InChI is InChI=1S/C17H22N2O/c1-12-4-7-17(20-11-15-5-6-15)16(8-12)10-19-14(3)9-13(2)18-19/h4,7-9,15H,5-6,10-11H2,1-3H3. The van der Waals surface area contributed by atoms with Crippen LogP contribution in [0.4, 0.5) is 0 Å². The van der Waals surface area contributed by atoms with E-state index in [1.807, 2.05) is 11.6 Å². The topological polar surface area (TPSA) is 27.1 Å². The third kappa shape index (κ3) is 3.03. The fourth-order valence-electron chi connectivity index (χ4n) is 2.46. The SMILES string of the molecule is Cc1ccc(OCC2CC2)c(Cn2nc(C)cc2C)c1. The van der Waals surface area contributed by atoms with Crippen molar-refractivity contribution in [3.05, 3.63) is 46.8 Å². The number of hydrogen-bond acceptors (Lipinski definition) is 2. The molecule has 0 saturated heterocycles. The predicted octanol–water partition coefficient (Wildman–Crippen LogP) is 3.65. The first-order chi connectivity index (χ1) is 9.61. The third-order valence-corrected chi connectivity index (χ3v) is 3.81. The molecular weight excluding hydrogens is 248 g/mol. The maximum Gasteiger partial charge on any atom is 0.124 e. The summed E-state index contributed by atoms with van der Waals surface area (Å²) in [5.41, 5.74) is 4.74. The molecule has 20 heavy (non-hydrogen) atoms. The van der Waals surface area contributed by atoms with Gasteiger partial charge in [-0.1, -0.05) is 17.7 Å². The summed E-state index contributed by atoms with van der Waals surface area (Å²) in [6.07, 6.45) is 2.64. The Hall–Kier alpha value is -1.77. The summed E-state index contributed by atoms with van der Waals surface area (Å²) in [7, 11) is 0. The van der Waals surface area contributed by atoms with Gasteiger partial charge in [0.05, 0.1) is 18.8 Å². The van der Waals surface area contributed by atoms with Gasteiger partial charge >= 0.3 is 0 Å². The van der Waals surface area contributed by atoms with Gasteiger partial charge in [0, 0.05) is 11.3 Å². The molecule has 3 heteroatoms. The molecule has 1 saturated carbocycles. The molecule has 1 fully saturated rings. The molecule has 0 N–H and O–H groups in total. The molecule has 1 aliphatic carbocycles. The quantitative estimate of drug-likeness (QED) is 0.829. The molecule has 1 aliphatic rings. The fraction of sp³-hybridized carbons (Fsp3) is 0.471. The number of rotatable bonds is 5. The average molecular weight is 270 g/mol. The van der Waals surface area contributed by atoms with Crippen LogP contribution >= 0.6 is 0 Å². The smallest absolute Gasteiger partial charge is 0.124 e. The highest BCUT2D eigenvalue weighted by molar-refractivity contribution is 5.37. The van der Waals surface area contributed by atoms with E-state index >= 15 is 0 Å². The fourth-order valence-corrected chi connectivity index (χ4v) is 2.46. The van der Waals surface area contributed by atoms with Crippen molar-refractivity contribution in [2.24, 2.45) is 5.92 Å². The molecule has 0 radical (unpaired) electrons. The molecule has 0 unspecified atom stereocenters. The van der Waals surface area contributed by atoms with Crippen LogP contribution in [0.25, 0.3) is 0 Å². The van der Waals surface area contributed by atoms with E-state index in [4.69, 9.17) is 4.74 Å². The van der Waals surface area contributed by atoms with Gasteiger partial charge in [-0.3, -0.25) is 4.68 Å². The second-order valence-corrected chi connectivity index (χ2v) is 5.95. The van der Waals surface area contributed by atoms with Crippen LogP contribution in [0.15, 0.2) is 24.3 Å². The van der Waals surface area contributed by atoms with Gasteiger partial charge in [0.15, 0.2) is 0 Å². The lowest BCUT2D eigenvalue weighted by Gasteiger charge is -2.13. The molecule has 0 spiro atoms. The van der Waals surface area contributed by atoms with Gasteiger partial charge in [-0.25, -0.2) is 0 Å². The lowest BCUT2D eigenvalue weighted by Crippen LogP contribution is -2.08. The van der Waals surface area contributed by atoms with Crippen molar-refractivity contribution < 1.29 is 4.74 Å². The number of nitrogens with zero attached hydrogens (tertiary/aromatic N) is 2. The number of hydrogen-bond donors (Lipinski definition) is 0. The van der Waals surface area contributed by atoms with Crippen molar-refractivity contribution in [1.82, 2.24) is 9.78 Å².